The van der Waals surface area contributed by atoms with Gasteiger partial charge in [-0.3, -0.25) is 25.2 Å². The second kappa shape index (κ2) is 9.06. The zero-order chi connectivity index (χ0) is 23.5. The topological polar surface area (TPSA) is 118 Å². The lowest BCUT2D eigenvalue weighted by Crippen LogP contribution is -2.40. The van der Waals surface area contributed by atoms with Gasteiger partial charge in [0.1, 0.15) is 5.69 Å². The largest absolute Gasteiger partial charge is 0.435 e. The SMILES string of the molecule is CC(=O)NNC(=O)c1ccccc1NC(=O)c1cc(C(F)(F)F)nn1-c1ncccc1Cl. The summed E-state index contributed by atoms with van der Waals surface area (Å²) in [5, 5.41) is 5.78. The fourth-order valence-corrected chi connectivity index (χ4v) is 2.77. The van der Waals surface area contributed by atoms with Gasteiger partial charge >= 0.3 is 6.18 Å². The number of hydrogen-bond acceptors (Lipinski definition) is 5. The van der Waals surface area contributed by atoms with Crippen LogP contribution in [0.5, 0.6) is 0 Å². The van der Waals surface area contributed by atoms with E-state index < -0.39 is 35.3 Å². The highest BCUT2D eigenvalue weighted by Gasteiger charge is 2.36. The number of carbonyl (C=O) groups is 3. The van der Waals surface area contributed by atoms with Gasteiger partial charge in [0.2, 0.25) is 5.91 Å². The molecule has 0 bridgehead atoms. The lowest BCUT2D eigenvalue weighted by molar-refractivity contribution is -0.141. The first-order chi connectivity index (χ1) is 15.1. The Hall–Kier alpha value is -3.93. The summed E-state index contributed by atoms with van der Waals surface area (Å²) >= 11 is 6.02. The molecule has 0 spiro atoms. The Bertz CT molecular complexity index is 1200. The molecule has 0 aliphatic rings. The van der Waals surface area contributed by atoms with Crippen molar-refractivity contribution in [3.63, 3.8) is 0 Å². The van der Waals surface area contributed by atoms with E-state index in [9.17, 15) is 27.6 Å². The molecule has 0 atom stereocenters. The van der Waals surface area contributed by atoms with Crippen LogP contribution in [0.4, 0.5) is 18.9 Å². The zero-order valence-corrected chi connectivity index (χ0v) is 17.0. The smallest absolute Gasteiger partial charge is 0.320 e. The van der Waals surface area contributed by atoms with Crippen LogP contribution in [0.15, 0.2) is 48.7 Å². The average molecular weight is 467 g/mol. The summed E-state index contributed by atoms with van der Waals surface area (Å²) in [5.74, 6) is -2.48. The van der Waals surface area contributed by atoms with E-state index in [1.54, 1.807) is 0 Å². The summed E-state index contributed by atoms with van der Waals surface area (Å²) in [7, 11) is 0. The van der Waals surface area contributed by atoms with Crippen LogP contribution in [-0.2, 0) is 11.0 Å². The number of carbonyl (C=O) groups excluding carboxylic acids is 3. The van der Waals surface area contributed by atoms with Gasteiger partial charge in [-0.2, -0.15) is 18.3 Å². The number of nitrogens with zero attached hydrogens (tertiary/aromatic N) is 3. The van der Waals surface area contributed by atoms with Gasteiger partial charge in [-0.15, -0.1) is 0 Å². The minimum atomic E-state index is -4.84. The van der Waals surface area contributed by atoms with Crippen LogP contribution in [-0.4, -0.2) is 32.5 Å². The Morgan fingerprint density at radius 2 is 1.75 bits per heavy atom. The van der Waals surface area contributed by atoms with E-state index in [1.807, 2.05) is 0 Å². The van der Waals surface area contributed by atoms with E-state index >= 15 is 0 Å². The van der Waals surface area contributed by atoms with Gasteiger partial charge in [0.25, 0.3) is 11.8 Å². The molecule has 0 fully saturated rings. The van der Waals surface area contributed by atoms with Crippen LogP contribution in [0, 0.1) is 0 Å². The van der Waals surface area contributed by atoms with Crippen LogP contribution >= 0.6 is 11.6 Å². The zero-order valence-electron chi connectivity index (χ0n) is 16.2. The summed E-state index contributed by atoms with van der Waals surface area (Å²) in [5.41, 5.74) is 2.32. The van der Waals surface area contributed by atoms with Crippen LogP contribution < -0.4 is 16.2 Å². The Kier molecular flexibility index (Phi) is 6.44. The number of nitrogens with one attached hydrogen (secondary N) is 3. The van der Waals surface area contributed by atoms with Gasteiger partial charge < -0.3 is 5.32 Å². The molecule has 0 radical (unpaired) electrons. The van der Waals surface area contributed by atoms with Crippen LogP contribution in [0.25, 0.3) is 5.82 Å². The normalized spacial score (nSPS) is 11.0. The van der Waals surface area contributed by atoms with Crippen molar-refractivity contribution in [2.75, 3.05) is 5.32 Å². The molecule has 32 heavy (non-hydrogen) atoms. The molecule has 3 amide bonds. The highest BCUT2D eigenvalue weighted by atomic mass is 35.5. The number of amides is 3. The number of aromatic nitrogens is 3. The number of hydrogen-bond donors (Lipinski definition) is 3. The molecule has 3 aromatic rings. The van der Waals surface area contributed by atoms with E-state index in [1.165, 1.54) is 49.5 Å². The second-order valence-electron chi connectivity index (χ2n) is 6.27. The van der Waals surface area contributed by atoms with Gasteiger partial charge in [0, 0.05) is 19.2 Å². The first-order valence-electron chi connectivity index (χ1n) is 8.83. The van der Waals surface area contributed by atoms with Crippen LogP contribution in [0.3, 0.4) is 0 Å². The van der Waals surface area contributed by atoms with Gasteiger partial charge in [-0.05, 0) is 24.3 Å². The Labute approximate surface area is 183 Å². The maximum Gasteiger partial charge on any atom is 0.435 e. The Morgan fingerprint density at radius 3 is 2.41 bits per heavy atom. The van der Waals surface area contributed by atoms with Crippen molar-refractivity contribution in [2.24, 2.45) is 0 Å². The monoisotopic (exact) mass is 466 g/mol. The first-order valence-corrected chi connectivity index (χ1v) is 9.21. The van der Waals surface area contributed by atoms with E-state index in [-0.39, 0.29) is 22.1 Å². The predicted molar refractivity (Wildman–Crippen MR) is 107 cm³/mol. The first kappa shape index (κ1) is 22.7. The summed E-state index contributed by atoms with van der Waals surface area (Å²) in [6, 6.07) is 9.09. The molecule has 13 heteroatoms. The number of pyridine rings is 1. The highest BCUT2D eigenvalue weighted by Crippen LogP contribution is 2.30. The summed E-state index contributed by atoms with van der Waals surface area (Å²) in [4.78, 5) is 40.1. The van der Waals surface area contributed by atoms with Crippen molar-refractivity contribution in [2.45, 2.75) is 13.1 Å². The molecule has 2 heterocycles. The molecular weight excluding hydrogens is 453 g/mol. The highest BCUT2D eigenvalue weighted by molar-refractivity contribution is 6.32. The third kappa shape index (κ3) is 5.03. The Balaban J connectivity index is 1.99. The Morgan fingerprint density at radius 1 is 1.03 bits per heavy atom. The number of rotatable bonds is 4. The van der Waals surface area contributed by atoms with Crippen LogP contribution in [0.2, 0.25) is 5.02 Å². The van der Waals surface area contributed by atoms with E-state index in [0.29, 0.717) is 10.7 Å². The maximum absolute atomic E-state index is 13.3. The molecule has 0 saturated carbocycles. The number of hydrazine groups is 1. The van der Waals surface area contributed by atoms with Crippen molar-refractivity contribution >= 4 is 35.0 Å². The summed E-state index contributed by atoms with van der Waals surface area (Å²) in [6.45, 7) is 1.18. The molecule has 0 unspecified atom stereocenters. The lowest BCUT2D eigenvalue weighted by atomic mass is 10.1. The van der Waals surface area contributed by atoms with Gasteiger partial charge in [-0.1, -0.05) is 23.7 Å². The van der Waals surface area contributed by atoms with E-state index in [2.05, 4.69) is 26.3 Å². The molecule has 0 saturated heterocycles. The van der Waals surface area contributed by atoms with Crippen molar-refractivity contribution in [1.82, 2.24) is 25.6 Å². The molecule has 3 N–H and O–H groups in total. The van der Waals surface area contributed by atoms with Gasteiger partial charge in [0.15, 0.2) is 11.5 Å². The third-order valence-corrected chi connectivity index (χ3v) is 4.24. The second-order valence-corrected chi connectivity index (χ2v) is 6.68. The maximum atomic E-state index is 13.3. The van der Waals surface area contributed by atoms with Crippen molar-refractivity contribution in [1.29, 1.82) is 0 Å². The summed E-state index contributed by atoms with van der Waals surface area (Å²) < 4.78 is 40.4. The fraction of sp³-hybridized carbons (Fsp3) is 0.105. The van der Waals surface area contributed by atoms with E-state index in [0.717, 1.165) is 0 Å². The fourth-order valence-electron chi connectivity index (χ4n) is 2.56. The molecular formula is C19H14ClF3N6O3. The molecule has 2 aromatic heterocycles. The molecule has 3 rings (SSSR count). The third-order valence-electron chi connectivity index (χ3n) is 3.94. The van der Waals surface area contributed by atoms with E-state index in [4.69, 9.17) is 11.6 Å². The summed E-state index contributed by atoms with van der Waals surface area (Å²) in [6.07, 6.45) is -3.56. The van der Waals surface area contributed by atoms with Crippen molar-refractivity contribution in [3.05, 3.63) is 70.6 Å². The molecule has 0 aliphatic carbocycles. The average Bonchev–Trinajstić information content (AvgIpc) is 3.18. The minimum absolute atomic E-state index is 0.0196. The van der Waals surface area contributed by atoms with Gasteiger partial charge in [-0.25, -0.2) is 9.67 Å². The minimum Gasteiger partial charge on any atom is -0.320 e. The predicted octanol–water partition coefficient (Wildman–Crippen LogP) is 2.97. The van der Waals surface area contributed by atoms with Gasteiger partial charge in [0.05, 0.1) is 16.3 Å². The standard InChI is InChI=1S/C19H14ClF3N6O3/c1-10(30)26-27-17(31)11-5-2-3-7-13(11)25-18(32)14-9-15(19(21,22)23)28-29(14)16-12(20)6-4-8-24-16/h2-9H,1H3,(H,25,32)(H,26,30)(H,27,31). The van der Waals surface area contributed by atoms with Crippen LogP contribution in [0.1, 0.15) is 33.5 Å². The lowest BCUT2D eigenvalue weighted by Gasteiger charge is -2.12. The molecule has 166 valence electrons. The molecule has 9 nitrogen and oxygen atoms in total. The molecule has 1 aromatic carbocycles. The number of para-hydroxylation sites is 1. The number of alkyl halides is 3. The molecule has 0 aliphatic heterocycles. The quantitative estimate of drug-likeness (QED) is 0.511. The van der Waals surface area contributed by atoms with Crippen molar-refractivity contribution in [3.8, 4) is 5.82 Å². The number of benzene rings is 1. The number of halogens is 4. The van der Waals surface area contributed by atoms with Crippen molar-refractivity contribution < 1.29 is 27.6 Å². The number of anilines is 1.